The van der Waals surface area contributed by atoms with Gasteiger partial charge in [-0.15, -0.1) is 11.3 Å². The highest BCUT2D eigenvalue weighted by Crippen LogP contribution is 2.38. The van der Waals surface area contributed by atoms with Crippen LogP contribution in [0.4, 0.5) is 17.1 Å². The van der Waals surface area contributed by atoms with E-state index in [0.29, 0.717) is 0 Å². The van der Waals surface area contributed by atoms with Crippen LogP contribution in [0.2, 0.25) is 0 Å². The van der Waals surface area contributed by atoms with Crippen molar-refractivity contribution in [2.24, 2.45) is 0 Å². The minimum absolute atomic E-state index is 1.13. The Balaban J connectivity index is 1.07. The first-order chi connectivity index (χ1) is 21.8. The summed E-state index contributed by atoms with van der Waals surface area (Å²) in [6.07, 6.45) is 0. The van der Waals surface area contributed by atoms with Crippen molar-refractivity contribution in [3.05, 3.63) is 176 Å². The number of hydrogen-bond acceptors (Lipinski definition) is 2. The SMILES string of the molecule is c1ccc(-c2ccc(N(c3ccccc3)c3ccc(-c4ccc(-c5ccc6c(c5)sc5ccccc56)cc4)cc3)cc2)cc1. The highest BCUT2D eigenvalue weighted by Gasteiger charge is 2.13. The average molecular weight is 580 g/mol. The Bertz CT molecular complexity index is 2180. The smallest absolute Gasteiger partial charge is 0.0462 e. The lowest BCUT2D eigenvalue weighted by Crippen LogP contribution is -2.09. The number of anilines is 3. The van der Waals surface area contributed by atoms with Gasteiger partial charge in [0.05, 0.1) is 0 Å². The highest BCUT2D eigenvalue weighted by molar-refractivity contribution is 7.25. The number of benzene rings is 7. The molecule has 1 nitrogen and oxygen atoms in total. The molecule has 0 amide bonds. The summed E-state index contributed by atoms with van der Waals surface area (Å²) in [5.74, 6) is 0. The minimum Gasteiger partial charge on any atom is -0.311 e. The Labute approximate surface area is 261 Å². The lowest BCUT2D eigenvalue weighted by atomic mass is 9.99. The van der Waals surface area contributed by atoms with E-state index in [1.165, 1.54) is 53.6 Å². The predicted octanol–water partition coefficient (Wildman–Crippen LogP) is 12.5. The van der Waals surface area contributed by atoms with E-state index in [1.807, 2.05) is 11.3 Å². The van der Waals surface area contributed by atoms with Gasteiger partial charge >= 0.3 is 0 Å². The van der Waals surface area contributed by atoms with E-state index in [1.54, 1.807) is 0 Å². The van der Waals surface area contributed by atoms with E-state index in [0.717, 1.165) is 17.1 Å². The summed E-state index contributed by atoms with van der Waals surface area (Å²) < 4.78 is 2.68. The first-order valence-corrected chi connectivity index (χ1v) is 15.7. The van der Waals surface area contributed by atoms with Gasteiger partial charge in [-0.1, -0.05) is 127 Å². The van der Waals surface area contributed by atoms with E-state index in [4.69, 9.17) is 0 Å². The Morgan fingerprint density at radius 3 is 1.32 bits per heavy atom. The fraction of sp³-hybridized carbons (Fsp3) is 0. The first-order valence-electron chi connectivity index (χ1n) is 14.9. The molecular weight excluding hydrogens is 551 g/mol. The van der Waals surface area contributed by atoms with Crippen LogP contribution in [0, 0.1) is 0 Å². The minimum atomic E-state index is 1.13. The summed E-state index contributed by atoms with van der Waals surface area (Å²) in [4.78, 5) is 2.31. The molecule has 8 aromatic rings. The van der Waals surface area contributed by atoms with Crippen LogP contribution in [0.5, 0.6) is 0 Å². The Morgan fingerprint density at radius 1 is 0.295 bits per heavy atom. The first kappa shape index (κ1) is 26.2. The van der Waals surface area contributed by atoms with Gasteiger partial charge in [0.25, 0.3) is 0 Å². The number of fused-ring (bicyclic) bond motifs is 3. The number of hydrogen-bond donors (Lipinski definition) is 0. The van der Waals surface area contributed by atoms with Gasteiger partial charge in [-0.25, -0.2) is 0 Å². The molecule has 1 heterocycles. The number of thiophene rings is 1. The maximum absolute atomic E-state index is 2.33. The monoisotopic (exact) mass is 579 g/mol. The fourth-order valence-electron chi connectivity index (χ4n) is 6.02. The van der Waals surface area contributed by atoms with Crippen molar-refractivity contribution in [2.45, 2.75) is 0 Å². The maximum Gasteiger partial charge on any atom is 0.0462 e. The van der Waals surface area contributed by atoms with Crippen molar-refractivity contribution < 1.29 is 0 Å². The second-order valence-electron chi connectivity index (χ2n) is 11.0. The van der Waals surface area contributed by atoms with Crippen molar-refractivity contribution >= 4 is 48.6 Å². The second-order valence-corrected chi connectivity index (χ2v) is 12.1. The molecule has 0 aliphatic rings. The van der Waals surface area contributed by atoms with Crippen molar-refractivity contribution in [1.82, 2.24) is 0 Å². The molecule has 0 bridgehead atoms. The van der Waals surface area contributed by atoms with E-state index in [-0.39, 0.29) is 0 Å². The molecule has 2 heteroatoms. The van der Waals surface area contributed by atoms with Crippen LogP contribution in [-0.4, -0.2) is 0 Å². The largest absolute Gasteiger partial charge is 0.311 e. The summed E-state index contributed by atoms with van der Waals surface area (Å²) >= 11 is 1.87. The van der Waals surface area contributed by atoms with Gasteiger partial charge in [-0.3, -0.25) is 0 Å². The Morgan fingerprint density at radius 2 is 0.705 bits per heavy atom. The zero-order valence-corrected chi connectivity index (χ0v) is 24.9. The highest BCUT2D eigenvalue weighted by atomic mass is 32.1. The zero-order valence-electron chi connectivity index (χ0n) is 24.1. The molecular formula is C42H29NS. The molecule has 44 heavy (non-hydrogen) atoms. The third-order valence-electron chi connectivity index (χ3n) is 8.30. The van der Waals surface area contributed by atoms with Gasteiger partial charge in [0.2, 0.25) is 0 Å². The van der Waals surface area contributed by atoms with Crippen molar-refractivity contribution in [3.8, 4) is 33.4 Å². The quantitative estimate of drug-likeness (QED) is 0.189. The molecule has 0 saturated carbocycles. The molecule has 1 aromatic heterocycles. The van der Waals surface area contributed by atoms with Gasteiger partial charge < -0.3 is 4.90 Å². The molecule has 8 rings (SSSR count). The lowest BCUT2D eigenvalue weighted by molar-refractivity contribution is 1.28. The molecule has 0 spiro atoms. The van der Waals surface area contributed by atoms with E-state index in [2.05, 4.69) is 181 Å². The Hall–Kier alpha value is -5.44. The molecule has 0 aliphatic carbocycles. The van der Waals surface area contributed by atoms with Crippen LogP contribution in [0.3, 0.4) is 0 Å². The van der Waals surface area contributed by atoms with Crippen LogP contribution in [0.15, 0.2) is 176 Å². The summed E-state index contributed by atoms with van der Waals surface area (Å²) in [6, 6.07) is 63.2. The van der Waals surface area contributed by atoms with Crippen LogP contribution in [0.1, 0.15) is 0 Å². The van der Waals surface area contributed by atoms with Gasteiger partial charge in [-0.05, 0) is 81.9 Å². The normalized spacial score (nSPS) is 11.2. The van der Waals surface area contributed by atoms with Crippen LogP contribution in [0.25, 0.3) is 53.6 Å². The molecule has 0 saturated heterocycles. The van der Waals surface area contributed by atoms with E-state index < -0.39 is 0 Å². The van der Waals surface area contributed by atoms with E-state index >= 15 is 0 Å². The van der Waals surface area contributed by atoms with Gasteiger partial charge in [0.15, 0.2) is 0 Å². The van der Waals surface area contributed by atoms with Crippen molar-refractivity contribution in [1.29, 1.82) is 0 Å². The molecule has 7 aromatic carbocycles. The van der Waals surface area contributed by atoms with Crippen LogP contribution in [-0.2, 0) is 0 Å². The predicted molar refractivity (Wildman–Crippen MR) is 190 cm³/mol. The molecule has 0 radical (unpaired) electrons. The van der Waals surface area contributed by atoms with Gasteiger partial charge in [-0.2, -0.15) is 0 Å². The van der Waals surface area contributed by atoms with Gasteiger partial charge in [0.1, 0.15) is 0 Å². The molecule has 0 atom stereocenters. The molecule has 0 fully saturated rings. The number of rotatable bonds is 6. The standard InChI is InChI=1S/C42H29NS/c1-3-9-30(10-4-1)32-19-24-37(25-20-32)43(36-11-5-2-6-12-36)38-26-21-33(22-27-38)31-15-17-34(18-16-31)35-23-28-40-39-13-7-8-14-41(39)44-42(40)29-35/h1-29H. The number of nitrogens with zero attached hydrogens (tertiary/aromatic N) is 1. The van der Waals surface area contributed by atoms with Crippen LogP contribution >= 0.6 is 11.3 Å². The summed E-state index contributed by atoms with van der Waals surface area (Å²) in [5.41, 5.74) is 10.7. The fourth-order valence-corrected chi connectivity index (χ4v) is 7.17. The molecule has 0 N–H and O–H groups in total. The summed E-state index contributed by atoms with van der Waals surface area (Å²) in [5, 5.41) is 2.68. The average Bonchev–Trinajstić information content (AvgIpc) is 3.48. The zero-order chi connectivity index (χ0) is 29.3. The Kier molecular flexibility index (Phi) is 6.75. The lowest BCUT2D eigenvalue weighted by Gasteiger charge is -2.26. The topological polar surface area (TPSA) is 3.24 Å². The molecule has 208 valence electrons. The second kappa shape index (κ2) is 11.3. The summed E-state index contributed by atoms with van der Waals surface area (Å²) in [6.45, 7) is 0. The van der Waals surface area contributed by atoms with Crippen molar-refractivity contribution in [3.63, 3.8) is 0 Å². The third-order valence-corrected chi connectivity index (χ3v) is 9.44. The third kappa shape index (κ3) is 4.96. The number of para-hydroxylation sites is 1. The van der Waals surface area contributed by atoms with Gasteiger partial charge in [0, 0.05) is 37.2 Å². The molecule has 0 unspecified atom stereocenters. The van der Waals surface area contributed by atoms with E-state index in [9.17, 15) is 0 Å². The molecule has 0 aliphatic heterocycles. The van der Waals surface area contributed by atoms with Crippen molar-refractivity contribution in [2.75, 3.05) is 4.90 Å². The van der Waals surface area contributed by atoms with Crippen LogP contribution < -0.4 is 4.90 Å². The maximum atomic E-state index is 2.33. The summed E-state index contributed by atoms with van der Waals surface area (Å²) in [7, 11) is 0.